The molecule has 0 aliphatic rings. The third-order valence-electron chi connectivity index (χ3n) is 1.34. The molecule has 0 fully saturated rings. The van der Waals surface area contributed by atoms with Crippen molar-refractivity contribution in [1.82, 2.24) is 0 Å². The minimum Gasteiger partial charge on any atom is -0.460 e. The van der Waals surface area contributed by atoms with Crippen LogP contribution >= 0.6 is 22.6 Å². The van der Waals surface area contributed by atoms with Gasteiger partial charge in [-0.25, -0.2) is 0 Å². The normalized spacial score (nSPS) is 12.6. The highest BCUT2D eigenvalue weighted by Crippen LogP contribution is 2.05. The largest absolute Gasteiger partial charge is 0.460 e. The molecule has 0 bridgehead atoms. The zero-order valence-electron chi connectivity index (χ0n) is 7.51. The Balaban J connectivity index is 3.61. The van der Waals surface area contributed by atoms with E-state index in [9.17, 15) is 4.79 Å². The summed E-state index contributed by atoms with van der Waals surface area (Å²) in [4.78, 5) is 10.6. The number of carbonyl (C=O) groups excluding carboxylic acids is 1. The van der Waals surface area contributed by atoms with Crippen LogP contribution in [-0.2, 0) is 14.3 Å². The topological polar surface area (TPSA) is 35.5 Å². The Morgan fingerprint density at radius 1 is 1.58 bits per heavy atom. The molecule has 0 aromatic rings. The molecule has 4 heteroatoms. The first-order chi connectivity index (χ1) is 5.70. The number of esters is 1. The zero-order valence-corrected chi connectivity index (χ0v) is 9.67. The number of hydrogen-bond acceptors (Lipinski definition) is 3. The monoisotopic (exact) mass is 286 g/mol. The highest BCUT2D eigenvalue weighted by atomic mass is 127. The predicted molar refractivity (Wildman–Crippen MR) is 55.6 cm³/mol. The van der Waals surface area contributed by atoms with Gasteiger partial charge in [0.2, 0.25) is 0 Å². The van der Waals surface area contributed by atoms with Crippen molar-refractivity contribution in [2.24, 2.45) is 0 Å². The van der Waals surface area contributed by atoms with E-state index >= 15 is 0 Å². The van der Waals surface area contributed by atoms with Gasteiger partial charge in [0.15, 0.2) is 0 Å². The molecule has 0 heterocycles. The van der Waals surface area contributed by atoms with Gasteiger partial charge < -0.3 is 9.47 Å². The lowest BCUT2D eigenvalue weighted by Crippen LogP contribution is -2.21. The van der Waals surface area contributed by atoms with Gasteiger partial charge in [0, 0.05) is 14.0 Å². The van der Waals surface area contributed by atoms with E-state index in [0.717, 1.165) is 17.3 Å². The van der Waals surface area contributed by atoms with Crippen LogP contribution in [0.2, 0.25) is 0 Å². The average molecular weight is 286 g/mol. The molecular weight excluding hydrogens is 271 g/mol. The molecule has 12 heavy (non-hydrogen) atoms. The Hall–Kier alpha value is 0.160. The number of carbonyl (C=O) groups is 1. The van der Waals surface area contributed by atoms with Crippen molar-refractivity contribution in [3.05, 3.63) is 0 Å². The van der Waals surface area contributed by atoms with Crippen molar-refractivity contribution in [3.8, 4) is 0 Å². The summed E-state index contributed by atoms with van der Waals surface area (Å²) in [5.41, 5.74) is 0. The van der Waals surface area contributed by atoms with Crippen LogP contribution in [0.5, 0.6) is 0 Å². The van der Waals surface area contributed by atoms with E-state index < -0.39 is 0 Å². The molecule has 0 rings (SSSR count). The molecule has 72 valence electrons. The van der Waals surface area contributed by atoms with Gasteiger partial charge in [-0.2, -0.15) is 0 Å². The lowest BCUT2D eigenvalue weighted by Gasteiger charge is -2.14. The first-order valence-corrected chi connectivity index (χ1v) is 5.45. The molecule has 0 saturated carbocycles. The van der Waals surface area contributed by atoms with Gasteiger partial charge in [-0.05, 0) is 17.3 Å². The van der Waals surface area contributed by atoms with Gasteiger partial charge in [-0.15, -0.1) is 0 Å². The third kappa shape index (κ3) is 6.84. The van der Waals surface area contributed by atoms with Crippen molar-refractivity contribution in [2.45, 2.75) is 25.9 Å². The SMILES string of the molecule is COCC(CCCI)OC(C)=O. The van der Waals surface area contributed by atoms with Crippen molar-refractivity contribution in [3.63, 3.8) is 0 Å². The molecule has 0 aromatic heterocycles. The number of hydrogen-bond donors (Lipinski definition) is 0. The van der Waals surface area contributed by atoms with Gasteiger partial charge in [0.1, 0.15) is 6.10 Å². The number of methoxy groups -OCH3 is 1. The smallest absolute Gasteiger partial charge is 0.302 e. The number of alkyl halides is 1. The van der Waals surface area contributed by atoms with Gasteiger partial charge in [-0.3, -0.25) is 4.79 Å². The fourth-order valence-corrected chi connectivity index (χ4v) is 1.34. The van der Waals surface area contributed by atoms with Crippen molar-refractivity contribution >= 4 is 28.6 Å². The molecule has 0 spiro atoms. The third-order valence-corrected chi connectivity index (χ3v) is 2.11. The van der Waals surface area contributed by atoms with E-state index in [1.54, 1.807) is 7.11 Å². The maximum atomic E-state index is 10.6. The molecule has 0 amide bonds. The van der Waals surface area contributed by atoms with Gasteiger partial charge in [0.05, 0.1) is 6.61 Å². The van der Waals surface area contributed by atoms with E-state index in [4.69, 9.17) is 9.47 Å². The van der Waals surface area contributed by atoms with Crippen LogP contribution in [0.4, 0.5) is 0 Å². The maximum Gasteiger partial charge on any atom is 0.302 e. The van der Waals surface area contributed by atoms with Crippen LogP contribution in [0.25, 0.3) is 0 Å². The second-order valence-electron chi connectivity index (χ2n) is 2.52. The van der Waals surface area contributed by atoms with Gasteiger partial charge in [-0.1, -0.05) is 22.6 Å². The molecule has 0 aromatic carbocycles. The van der Waals surface area contributed by atoms with Crippen LogP contribution in [0.3, 0.4) is 0 Å². The molecule has 0 aliphatic carbocycles. The lowest BCUT2D eigenvalue weighted by molar-refractivity contribution is -0.149. The van der Waals surface area contributed by atoms with E-state index in [2.05, 4.69) is 22.6 Å². The minimum atomic E-state index is -0.231. The minimum absolute atomic E-state index is 0.0673. The summed E-state index contributed by atoms with van der Waals surface area (Å²) in [6.45, 7) is 1.92. The molecule has 1 unspecified atom stereocenters. The Kier molecular flexibility index (Phi) is 7.89. The van der Waals surface area contributed by atoms with Crippen LogP contribution in [-0.4, -0.2) is 30.2 Å². The average Bonchev–Trinajstić information content (AvgIpc) is 2.00. The fraction of sp³-hybridized carbons (Fsp3) is 0.875. The Bertz CT molecular complexity index is 127. The molecule has 0 radical (unpaired) electrons. The highest BCUT2D eigenvalue weighted by molar-refractivity contribution is 14.1. The second kappa shape index (κ2) is 7.79. The van der Waals surface area contributed by atoms with Crippen molar-refractivity contribution in [2.75, 3.05) is 18.1 Å². The highest BCUT2D eigenvalue weighted by Gasteiger charge is 2.10. The summed E-state index contributed by atoms with van der Waals surface area (Å²) >= 11 is 2.30. The molecule has 1 atom stereocenters. The van der Waals surface area contributed by atoms with E-state index in [1.165, 1.54) is 6.92 Å². The van der Waals surface area contributed by atoms with Crippen LogP contribution < -0.4 is 0 Å². The summed E-state index contributed by atoms with van der Waals surface area (Å²) in [5.74, 6) is -0.231. The first kappa shape index (κ1) is 12.2. The standard InChI is InChI=1S/C8H15IO3/c1-7(10)12-8(6-11-2)4-3-5-9/h8H,3-6H2,1-2H3. The van der Waals surface area contributed by atoms with Crippen LogP contribution in [0.1, 0.15) is 19.8 Å². The second-order valence-corrected chi connectivity index (χ2v) is 3.60. The van der Waals surface area contributed by atoms with Crippen molar-refractivity contribution in [1.29, 1.82) is 0 Å². The van der Waals surface area contributed by atoms with Crippen LogP contribution in [0.15, 0.2) is 0 Å². The molecule has 0 saturated heterocycles. The molecular formula is C8H15IO3. The first-order valence-electron chi connectivity index (χ1n) is 3.92. The summed E-state index contributed by atoms with van der Waals surface area (Å²) in [7, 11) is 1.61. The van der Waals surface area contributed by atoms with Crippen LogP contribution in [0, 0.1) is 0 Å². The van der Waals surface area contributed by atoms with E-state index in [-0.39, 0.29) is 12.1 Å². The van der Waals surface area contributed by atoms with E-state index in [0.29, 0.717) is 6.61 Å². The number of rotatable bonds is 6. The van der Waals surface area contributed by atoms with Gasteiger partial charge >= 0.3 is 5.97 Å². The Morgan fingerprint density at radius 3 is 2.67 bits per heavy atom. The Morgan fingerprint density at radius 2 is 2.25 bits per heavy atom. The molecule has 0 aliphatic heterocycles. The zero-order chi connectivity index (χ0) is 9.40. The summed E-state index contributed by atoms with van der Waals surface area (Å²) in [5, 5.41) is 0. The Labute approximate surface area is 86.9 Å². The molecule has 0 N–H and O–H groups in total. The summed E-state index contributed by atoms with van der Waals surface area (Å²) < 4.78 is 11.0. The maximum absolute atomic E-state index is 10.6. The summed E-state index contributed by atoms with van der Waals surface area (Å²) in [6, 6.07) is 0. The lowest BCUT2D eigenvalue weighted by atomic mass is 10.2. The number of halogens is 1. The predicted octanol–water partition coefficient (Wildman–Crippen LogP) is 1.78. The number of ether oxygens (including phenoxy) is 2. The quantitative estimate of drug-likeness (QED) is 0.424. The van der Waals surface area contributed by atoms with E-state index in [1.807, 2.05) is 0 Å². The van der Waals surface area contributed by atoms with Crippen molar-refractivity contribution < 1.29 is 14.3 Å². The molecule has 3 nitrogen and oxygen atoms in total. The fourth-order valence-electron chi connectivity index (χ4n) is 0.902. The van der Waals surface area contributed by atoms with Gasteiger partial charge in [0.25, 0.3) is 0 Å². The summed E-state index contributed by atoms with van der Waals surface area (Å²) in [6.07, 6.45) is 1.88.